The summed E-state index contributed by atoms with van der Waals surface area (Å²) in [5.41, 5.74) is 5.66. The minimum absolute atomic E-state index is 0.0196. The van der Waals surface area contributed by atoms with E-state index >= 15 is 0 Å². The molecular formula is C9H15N3O. The van der Waals surface area contributed by atoms with Gasteiger partial charge in [-0.1, -0.05) is 20.8 Å². The molecule has 0 atom stereocenters. The summed E-state index contributed by atoms with van der Waals surface area (Å²) in [5.74, 6) is 0.701. The standard InChI is InChI=1S/C9H15N3O/c1-9(2,3)8-11-5-6(12-8)7(13)4-10/h5H,4,10H2,1-3H3,(H,11,12). The minimum atomic E-state index is -0.108. The number of aromatic amines is 1. The van der Waals surface area contributed by atoms with Crippen molar-refractivity contribution in [2.24, 2.45) is 5.73 Å². The number of nitrogens with two attached hydrogens (primary N) is 1. The van der Waals surface area contributed by atoms with Crippen molar-refractivity contribution < 1.29 is 4.79 Å². The van der Waals surface area contributed by atoms with E-state index in [1.807, 2.05) is 20.8 Å². The fourth-order valence-electron chi connectivity index (χ4n) is 0.954. The van der Waals surface area contributed by atoms with Crippen molar-refractivity contribution in [1.82, 2.24) is 9.97 Å². The number of rotatable bonds is 2. The van der Waals surface area contributed by atoms with Gasteiger partial charge in [-0.15, -0.1) is 0 Å². The van der Waals surface area contributed by atoms with E-state index in [9.17, 15) is 4.79 Å². The first-order valence-corrected chi connectivity index (χ1v) is 4.24. The van der Waals surface area contributed by atoms with Gasteiger partial charge in [-0.3, -0.25) is 4.79 Å². The predicted octanol–water partition coefficient (Wildman–Crippen LogP) is 0.849. The van der Waals surface area contributed by atoms with Gasteiger partial charge in [0.1, 0.15) is 11.5 Å². The summed E-state index contributed by atoms with van der Waals surface area (Å²) in [6.45, 7) is 6.11. The average molecular weight is 181 g/mol. The molecular weight excluding hydrogens is 166 g/mol. The van der Waals surface area contributed by atoms with E-state index in [0.29, 0.717) is 5.69 Å². The third kappa shape index (κ3) is 2.15. The van der Waals surface area contributed by atoms with Crippen LogP contribution in [0, 0.1) is 0 Å². The first kappa shape index (κ1) is 9.92. The Hall–Kier alpha value is -1.16. The molecule has 0 bridgehead atoms. The Labute approximate surface area is 77.6 Å². The van der Waals surface area contributed by atoms with E-state index in [-0.39, 0.29) is 17.7 Å². The van der Waals surface area contributed by atoms with Crippen LogP contribution in [-0.4, -0.2) is 22.3 Å². The zero-order chi connectivity index (χ0) is 10.1. The molecule has 0 saturated heterocycles. The van der Waals surface area contributed by atoms with Crippen LogP contribution in [-0.2, 0) is 5.41 Å². The van der Waals surface area contributed by atoms with Crippen LogP contribution in [0.4, 0.5) is 0 Å². The quantitative estimate of drug-likeness (QED) is 0.664. The number of carbonyl (C=O) groups excluding carboxylic acids is 1. The molecule has 0 unspecified atom stereocenters. The minimum Gasteiger partial charge on any atom is -0.339 e. The van der Waals surface area contributed by atoms with Crippen LogP contribution < -0.4 is 5.73 Å². The molecule has 0 aliphatic carbocycles. The van der Waals surface area contributed by atoms with Gasteiger partial charge in [0.25, 0.3) is 0 Å². The van der Waals surface area contributed by atoms with Crippen molar-refractivity contribution in [2.45, 2.75) is 26.2 Å². The fraction of sp³-hybridized carbons (Fsp3) is 0.556. The molecule has 4 heteroatoms. The summed E-state index contributed by atoms with van der Waals surface area (Å²) in [4.78, 5) is 18.2. The molecule has 0 aliphatic rings. The molecule has 0 amide bonds. The van der Waals surface area contributed by atoms with Crippen LogP contribution in [0.2, 0.25) is 0 Å². The van der Waals surface area contributed by atoms with Gasteiger partial charge >= 0.3 is 0 Å². The number of nitrogens with zero attached hydrogens (tertiary/aromatic N) is 1. The monoisotopic (exact) mass is 181 g/mol. The molecule has 4 nitrogen and oxygen atoms in total. The maximum Gasteiger partial charge on any atom is 0.194 e. The second-order valence-corrected chi connectivity index (χ2v) is 4.02. The summed E-state index contributed by atoms with van der Waals surface area (Å²) >= 11 is 0. The molecule has 0 aromatic carbocycles. The van der Waals surface area contributed by atoms with Gasteiger partial charge in [-0.05, 0) is 0 Å². The molecule has 0 saturated carbocycles. The normalized spacial score (nSPS) is 11.7. The van der Waals surface area contributed by atoms with Crippen molar-refractivity contribution in [3.8, 4) is 0 Å². The van der Waals surface area contributed by atoms with Crippen molar-refractivity contribution in [3.63, 3.8) is 0 Å². The Morgan fingerprint density at radius 1 is 1.62 bits per heavy atom. The van der Waals surface area contributed by atoms with E-state index in [0.717, 1.165) is 5.82 Å². The molecule has 0 aliphatic heterocycles. The van der Waals surface area contributed by atoms with Crippen molar-refractivity contribution in [2.75, 3.05) is 6.54 Å². The number of aromatic nitrogens is 2. The largest absolute Gasteiger partial charge is 0.339 e. The SMILES string of the molecule is CC(C)(C)c1ncc(C(=O)CN)[nH]1. The van der Waals surface area contributed by atoms with Crippen LogP contribution in [0.5, 0.6) is 0 Å². The van der Waals surface area contributed by atoms with Gasteiger partial charge < -0.3 is 10.7 Å². The van der Waals surface area contributed by atoms with Crippen LogP contribution in [0.3, 0.4) is 0 Å². The highest BCUT2D eigenvalue weighted by Crippen LogP contribution is 2.18. The summed E-state index contributed by atoms with van der Waals surface area (Å²) in [6, 6.07) is 0. The number of H-pyrrole nitrogens is 1. The van der Waals surface area contributed by atoms with Crippen LogP contribution in [0.1, 0.15) is 37.1 Å². The lowest BCUT2D eigenvalue weighted by Crippen LogP contribution is -2.16. The van der Waals surface area contributed by atoms with Crippen molar-refractivity contribution >= 4 is 5.78 Å². The lowest BCUT2D eigenvalue weighted by atomic mass is 9.96. The molecule has 1 heterocycles. The Bertz CT molecular complexity index is 309. The number of hydrogen-bond acceptors (Lipinski definition) is 3. The highest BCUT2D eigenvalue weighted by Gasteiger charge is 2.18. The molecule has 1 aromatic heterocycles. The average Bonchev–Trinajstić information content (AvgIpc) is 2.50. The van der Waals surface area contributed by atoms with E-state index < -0.39 is 0 Å². The Kier molecular flexibility index (Phi) is 2.52. The number of carbonyl (C=O) groups is 1. The van der Waals surface area contributed by atoms with Gasteiger partial charge in [-0.2, -0.15) is 0 Å². The van der Waals surface area contributed by atoms with Crippen molar-refractivity contribution in [3.05, 3.63) is 17.7 Å². The summed E-state index contributed by atoms with van der Waals surface area (Å²) in [7, 11) is 0. The van der Waals surface area contributed by atoms with Gasteiger partial charge in [-0.25, -0.2) is 4.98 Å². The molecule has 0 spiro atoms. The Morgan fingerprint density at radius 3 is 2.62 bits per heavy atom. The van der Waals surface area contributed by atoms with Crippen LogP contribution in [0.15, 0.2) is 6.20 Å². The molecule has 0 radical (unpaired) electrons. The topological polar surface area (TPSA) is 71.8 Å². The maximum atomic E-state index is 11.2. The Balaban J connectivity index is 2.93. The third-order valence-corrected chi connectivity index (χ3v) is 1.77. The molecule has 13 heavy (non-hydrogen) atoms. The predicted molar refractivity (Wildman–Crippen MR) is 50.7 cm³/mol. The lowest BCUT2D eigenvalue weighted by molar-refractivity contribution is 0.0997. The van der Waals surface area contributed by atoms with E-state index in [1.165, 1.54) is 6.20 Å². The van der Waals surface area contributed by atoms with Crippen LogP contribution >= 0.6 is 0 Å². The van der Waals surface area contributed by atoms with Gasteiger partial charge in [0, 0.05) is 5.41 Å². The van der Waals surface area contributed by atoms with E-state index in [1.54, 1.807) is 0 Å². The number of ketones is 1. The number of imidazole rings is 1. The van der Waals surface area contributed by atoms with Gasteiger partial charge in [0.05, 0.1) is 12.7 Å². The summed E-state index contributed by atoms with van der Waals surface area (Å²) in [5, 5.41) is 0. The van der Waals surface area contributed by atoms with E-state index in [4.69, 9.17) is 5.73 Å². The highest BCUT2D eigenvalue weighted by atomic mass is 16.1. The second-order valence-electron chi connectivity index (χ2n) is 4.02. The number of nitrogens with one attached hydrogen (secondary N) is 1. The number of Topliss-reactive ketones (excluding diaryl/α,β-unsaturated/α-hetero) is 1. The summed E-state index contributed by atoms with van der Waals surface area (Å²) in [6.07, 6.45) is 1.54. The third-order valence-electron chi connectivity index (χ3n) is 1.77. The van der Waals surface area contributed by atoms with Crippen LogP contribution in [0.25, 0.3) is 0 Å². The van der Waals surface area contributed by atoms with E-state index in [2.05, 4.69) is 9.97 Å². The first-order chi connectivity index (χ1) is 5.95. The molecule has 72 valence electrons. The Morgan fingerprint density at radius 2 is 2.23 bits per heavy atom. The molecule has 3 N–H and O–H groups in total. The van der Waals surface area contributed by atoms with Gasteiger partial charge in [0.15, 0.2) is 5.78 Å². The zero-order valence-corrected chi connectivity index (χ0v) is 8.22. The second kappa shape index (κ2) is 3.30. The molecule has 0 fully saturated rings. The smallest absolute Gasteiger partial charge is 0.194 e. The summed E-state index contributed by atoms with van der Waals surface area (Å²) < 4.78 is 0. The van der Waals surface area contributed by atoms with Crippen molar-refractivity contribution in [1.29, 1.82) is 0 Å². The molecule has 1 aromatic rings. The molecule has 1 rings (SSSR count). The number of hydrogen-bond donors (Lipinski definition) is 2. The first-order valence-electron chi connectivity index (χ1n) is 4.24. The lowest BCUT2D eigenvalue weighted by Gasteiger charge is -2.13. The highest BCUT2D eigenvalue weighted by molar-refractivity contribution is 5.95. The maximum absolute atomic E-state index is 11.2. The fourth-order valence-corrected chi connectivity index (χ4v) is 0.954. The van der Waals surface area contributed by atoms with Gasteiger partial charge in [0.2, 0.25) is 0 Å². The zero-order valence-electron chi connectivity index (χ0n) is 8.22.